The molecule has 0 amide bonds. The van der Waals surface area contributed by atoms with Gasteiger partial charge in [-0.25, -0.2) is 4.98 Å². The minimum Gasteiger partial charge on any atom is -0.348 e. The molecule has 0 unspecified atom stereocenters. The fourth-order valence-corrected chi connectivity index (χ4v) is 3.42. The lowest BCUT2D eigenvalue weighted by molar-refractivity contribution is 0.577. The number of rotatable bonds is 2. The van der Waals surface area contributed by atoms with Gasteiger partial charge >= 0.3 is 0 Å². The second-order valence-corrected chi connectivity index (χ2v) is 6.20. The van der Waals surface area contributed by atoms with Crippen LogP contribution in [-0.2, 0) is 0 Å². The van der Waals surface area contributed by atoms with Crippen LogP contribution in [0.15, 0.2) is 23.6 Å². The highest BCUT2D eigenvalue weighted by atomic mass is 32.1. The zero-order valence-corrected chi connectivity index (χ0v) is 12.5. The third-order valence-corrected chi connectivity index (χ3v) is 4.82. The molecule has 0 spiro atoms. The summed E-state index contributed by atoms with van der Waals surface area (Å²) in [6.07, 6.45) is 3.98. The minimum absolute atomic E-state index is 1.12. The molecule has 2 nitrogen and oxygen atoms in total. The normalized spacial score (nSPS) is 15.8. The number of hydrogen-bond donors (Lipinski definition) is 0. The highest BCUT2D eigenvalue weighted by Gasteiger charge is 2.14. The maximum absolute atomic E-state index is 4.82. The van der Waals surface area contributed by atoms with Crippen LogP contribution in [0, 0.1) is 13.8 Å². The van der Waals surface area contributed by atoms with Crippen LogP contribution in [0.25, 0.3) is 11.3 Å². The largest absolute Gasteiger partial charge is 0.348 e. The van der Waals surface area contributed by atoms with Gasteiger partial charge in [-0.05, 0) is 50.3 Å². The number of thiazole rings is 1. The van der Waals surface area contributed by atoms with Crippen LogP contribution in [0.2, 0.25) is 0 Å². The Labute approximate surface area is 119 Å². The Balaban J connectivity index is 1.85. The number of nitrogens with zero attached hydrogens (tertiary/aromatic N) is 2. The zero-order valence-electron chi connectivity index (χ0n) is 11.6. The van der Waals surface area contributed by atoms with Gasteiger partial charge in [-0.1, -0.05) is 12.1 Å². The SMILES string of the molecule is Cc1ccc(-c2csc(N3CCCCC3)n2)cc1C. The minimum atomic E-state index is 1.12. The molecule has 2 heterocycles. The lowest BCUT2D eigenvalue weighted by atomic mass is 10.1. The monoisotopic (exact) mass is 272 g/mol. The molecule has 19 heavy (non-hydrogen) atoms. The van der Waals surface area contributed by atoms with Gasteiger partial charge in [0.1, 0.15) is 0 Å². The van der Waals surface area contributed by atoms with Crippen molar-refractivity contribution in [1.82, 2.24) is 4.98 Å². The van der Waals surface area contributed by atoms with Gasteiger partial charge in [-0.15, -0.1) is 11.3 Å². The Morgan fingerprint density at radius 3 is 2.58 bits per heavy atom. The summed E-state index contributed by atoms with van der Waals surface area (Å²) < 4.78 is 0. The second-order valence-electron chi connectivity index (χ2n) is 5.36. The van der Waals surface area contributed by atoms with Gasteiger partial charge in [-0.2, -0.15) is 0 Å². The lowest BCUT2D eigenvalue weighted by Gasteiger charge is -2.25. The molecule has 3 heteroatoms. The first-order valence-electron chi connectivity index (χ1n) is 7.02. The van der Waals surface area contributed by atoms with Crippen LogP contribution in [0.4, 0.5) is 5.13 Å². The van der Waals surface area contributed by atoms with E-state index in [1.165, 1.54) is 54.2 Å². The molecular formula is C16H20N2S. The van der Waals surface area contributed by atoms with E-state index in [2.05, 4.69) is 42.3 Å². The summed E-state index contributed by atoms with van der Waals surface area (Å²) in [6, 6.07) is 6.60. The van der Waals surface area contributed by atoms with Crippen LogP contribution in [0.1, 0.15) is 30.4 Å². The summed E-state index contributed by atoms with van der Waals surface area (Å²) in [7, 11) is 0. The molecule has 2 aromatic rings. The third kappa shape index (κ3) is 2.66. The molecule has 0 bridgehead atoms. The van der Waals surface area contributed by atoms with Gasteiger partial charge in [0.2, 0.25) is 0 Å². The van der Waals surface area contributed by atoms with Crippen molar-refractivity contribution < 1.29 is 0 Å². The van der Waals surface area contributed by atoms with Crippen molar-refractivity contribution in [3.63, 3.8) is 0 Å². The Bertz CT molecular complexity index is 568. The molecule has 0 aliphatic carbocycles. The van der Waals surface area contributed by atoms with E-state index in [1.54, 1.807) is 11.3 Å². The summed E-state index contributed by atoms with van der Waals surface area (Å²) in [5.41, 5.74) is 5.04. The van der Waals surface area contributed by atoms with Crippen LogP contribution in [0.5, 0.6) is 0 Å². The third-order valence-electron chi connectivity index (χ3n) is 3.92. The molecule has 100 valence electrons. The molecule has 1 aromatic heterocycles. The molecule has 1 saturated heterocycles. The summed E-state index contributed by atoms with van der Waals surface area (Å²) in [5, 5.41) is 3.38. The molecule has 0 radical (unpaired) electrons. The molecule has 0 N–H and O–H groups in total. The molecule has 1 aliphatic heterocycles. The Kier molecular flexibility index (Phi) is 3.56. The van der Waals surface area contributed by atoms with Crippen molar-refractivity contribution in [1.29, 1.82) is 0 Å². The number of piperidine rings is 1. The Morgan fingerprint density at radius 2 is 1.84 bits per heavy atom. The fourth-order valence-electron chi connectivity index (χ4n) is 2.53. The van der Waals surface area contributed by atoms with Gasteiger partial charge in [0.05, 0.1) is 5.69 Å². The van der Waals surface area contributed by atoms with E-state index in [4.69, 9.17) is 4.98 Å². The van der Waals surface area contributed by atoms with Gasteiger partial charge in [0.15, 0.2) is 5.13 Å². The van der Waals surface area contributed by atoms with E-state index in [9.17, 15) is 0 Å². The summed E-state index contributed by atoms with van der Waals surface area (Å²) in [4.78, 5) is 7.25. The van der Waals surface area contributed by atoms with Crippen molar-refractivity contribution in [3.05, 3.63) is 34.7 Å². The first-order chi connectivity index (χ1) is 9.24. The van der Waals surface area contributed by atoms with E-state index >= 15 is 0 Å². The van der Waals surface area contributed by atoms with E-state index < -0.39 is 0 Å². The van der Waals surface area contributed by atoms with Gasteiger partial charge in [0.25, 0.3) is 0 Å². The molecule has 3 rings (SSSR count). The van der Waals surface area contributed by atoms with Crippen LogP contribution in [-0.4, -0.2) is 18.1 Å². The van der Waals surface area contributed by atoms with Crippen molar-refractivity contribution >= 4 is 16.5 Å². The lowest BCUT2D eigenvalue weighted by Crippen LogP contribution is -2.29. The fraction of sp³-hybridized carbons (Fsp3) is 0.438. The molecule has 0 atom stereocenters. The highest BCUT2D eigenvalue weighted by molar-refractivity contribution is 7.14. The number of aromatic nitrogens is 1. The molecule has 1 aliphatic rings. The van der Waals surface area contributed by atoms with Crippen molar-refractivity contribution in [2.75, 3.05) is 18.0 Å². The van der Waals surface area contributed by atoms with Gasteiger partial charge in [0, 0.05) is 24.0 Å². The first-order valence-corrected chi connectivity index (χ1v) is 7.90. The van der Waals surface area contributed by atoms with E-state index in [0.29, 0.717) is 0 Å². The first kappa shape index (κ1) is 12.7. The molecule has 1 fully saturated rings. The topological polar surface area (TPSA) is 16.1 Å². The van der Waals surface area contributed by atoms with Crippen LogP contribution < -0.4 is 4.90 Å². The van der Waals surface area contributed by atoms with Crippen molar-refractivity contribution in [3.8, 4) is 11.3 Å². The van der Waals surface area contributed by atoms with E-state index in [1.807, 2.05) is 0 Å². The summed E-state index contributed by atoms with van der Waals surface area (Å²) >= 11 is 1.78. The Hall–Kier alpha value is -1.35. The average molecular weight is 272 g/mol. The molecule has 1 aromatic carbocycles. The number of hydrogen-bond acceptors (Lipinski definition) is 3. The van der Waals surface area contributed by atoms with Gasteiger partial charge < -0.3 is 4.90 Å². The van der Waals surface area contributed by atoms with E-state index in [-0.39, 0.29) is 0 Å². The Morgan fingerprint density at radius 1 is 1.05 bits per heavy atom. The zero-order chi connectivity index (χ0) is 13.2. The van der Waals surface area contributed by atoms with Crippen molar-refractivity contribution in [2.45, 2.75) is 33.1 Å². The summed E-state index contributed by atoms with van der Waals surface area (Å²) in [5.74, 6) is 0. The predicted molar refractivity (Wildman–Crippen MR) is 83.1 cm³/mol. The summed E-state index contributed by atoms with van der Waals surface area (Å²) in [6.45, 7) is 6.65. The number of benzene rings is 1. The van der Waals surface area contributed by atoms with Crippen molar-refractivity contribution in [2.24, 2.45) is 0 Å². The quantitative estimate of drug-likeness (QED) is 0.804. The number of anilines is 1. The average Bonchev–Trinajstić information content (AvgIpc) is 2.93. The second kappa shape index (κ2) is 5.33. The maximum Gasteiger partial charge on any atom is 0.185 e. The predicted octanol–water partition coefficient (Wildman–Crippen LogP) is 4.42. The van der Waals surface area contributed by atoms with E-state index in [0.717, 1.165) is 5.69 Å². The molecular weight excluding hydrogens is 252 g/mol. The highest BCUT2D eigenvalue weighted by Crippen LogP contribution is 2.29. The van der Waals surface area contributed by atoms with Crippen LogP contribution in [0.3, 0.4) is 0 Å². The smallest absolute Gasteiger partial charge is 0.185 e. The molecule has 0 saturated carbocycles. The standard InChI is InChI=1S/C16H20N2S/c1-12-6-7-14(10-13(12)2)15-11-19-16(17-15)18-8-4-3-5-9-18/h6-7,10-11H,3-5,8-9H2,1-2H3. The van der Waals surface area contributed by atoms with Gasteiger partial charge in [-0.3, -0.25) is 0 Å². The number of aryl methyl sites for hydroxylation is 2. The maximum atomic E-state index is 4.82. The van der Waals surface area contributed by atoms with Crippen LogP contribution >= 0.6 is 11.3 Å².